The number of esters is 2. The van der Waals surface area contributed by atoms with E-state index in [0.29, 0.717) is 19.3 Å². The van der Waals surface area contributed by atoms with Crippen LogP contribution in [-0.2, 0) is 28.6 Å². The van der Waals surface area contributed by atoms with E-state index in [1.54, 1.807) is 0 Å². The fourth-order valence-electron chi connectivity index (χ4n) is 7.61. The number of carboxylic acids is 1. The van der Waals surface area contributed by atoms with E-state index in [4.69, 9.17) is 14.2 Å². The summed E-state index contributed by atoms with van der Waals surface area (Å²) in [6, 6.07) is -0.622. The van der Waals surface area contributed by atoms with E-state index in [0.717, 1.165) is 77.0 Å². The van der Waals surface area contributed by atoms with E-state index in [-0.39, 0.29) is 36.2 Å². The molecule has 370 valence electrons. The normalized spacial score (nSPS) is 13.3. The first-order valence-corrected chi connectivity index (χ1v) is 26.3. The number of carboxylic acid groups (broad SMARTS) is 1. The number of likely N-dealkylation sites (N-methyl/N-ethyl adjacent to an activating group) is 1. The maximum Gasteiger partial charge on any atom is 0.362 e. The smallest absolute Gasteiger partial charge is 0.362 e. The fraction of sp³-hybridized carbons (Fsp3) is 0.768. The lowest BCUT2D eigenvalue weighted by Gasteiger charge is -2.31. The fourth-order valence-corrected chi connectivity index (χ4v) is 7.61. The zero-order valence-corrected chi connectivity index (χ0v) is 42.2. The van der Waals surface area contributed by atoms with Crippen LogP contribution in [0.1, 0.15) is 226 Å². The van der Waals surface area contributed by atoms with Crippen LogP contribution in [0.4, 0.5) is 0 Å². The number of hydrogen-bond donors (Lipinski definition) is 1. The number of carbonyl (C=O) groups excluding carboxylic acids is 2. The van der Waals surface area contributed by atoms with Crippen LogP contribution in [0, 0.1) is 0 Å². The molecule has 0 fully saturated rings. The van der Waals surface area contributed by atoms with Gasteiger partial charge in [0.05, 0.1) is 34.4 Å². The first kappa shape index (κ1) is 61.0. The van der Waals surface area contributed by atoms with Gasteiger partial charge in [0.15, 0.2) is 12.1 Å². The molecule has 0 saturated carbocycles. The molecular formula is C56H100NO7+. The van der Waals surface area contributed by atoms with Crippen molar-refractivity contribution in [2.75, 3.05) is 41.0 Å². The molecule has 0 radical (unpaired) electrons. The number of rotatable bonds is 47. The number of quaternary nitrogens is 1. The molecule has 1 N–H and O–H groups in total. The van der Waals surface area contributed by atoms with E-state index < -0.39 is 18.1 Å². The largest absolute Gasteiger partial charge is 0.477 e. The number of hydrogen-bond acceptors (Lipinski definition) is 6. The van der Waals surface area contributed by atoms with Crippen molar-refractivity contribution >= 4 is 17.9 Å². The summed E-state index contributed by atoms with van der Waals surface area (Å²) in [5, 5.41) is 9.65. The predicted octanol–water partition coefficient (Wildman–Crippen LogP) is 15.3. The van der Waals surface area contributed by atoms with Crippen molar-refractivity contribution < 1.29 is 38.2 Å². The van der Waals surface area contributed by atoms with Gasteiger partial charge in [-0.2, -0.15) is 0 Å². The number of allylic oxidation sites excluding steroid dienone is 10. The van der Waals surface area contributed by atoms with Gasteiger partial charge in [-0.3, -0.25) is 9.59 Å². The highest BCUT2D eigenvalue weighted by Crippen LogP contribution is 2.15. The van der Waals surface area contributed by atoms with Crippen LogP contribution >= 0.6 is 0 Å². The Morgan fingerprint density at radius 3 is 1.31 bits per heavy atom. The molecule has 0 amide bonds. The highest BCUT2D eigenvalue weighted by molar-refractivity contribution is 5.72. The maximum absolute atomic E-state index is 12.8. The Hall–Kier alpha value is -2.97. The van der Waals surface area contributed by atoms with Crippen LogP contribution in [0.3, 0.4) is 0 Å². The molecular weight excluding hydrogens is 799 g/mol. The first-order valence-electron chi connectivity index (χ1n) is 26.3. The van der Waals surface area contributed by atoms with E-state index in [9.17, 15) is 19.5 Å². The second-order valence-electron chi connectivity index (χ2n) is 18.7. The molecule has 8 heteroatoms. The van der Waals surface area contributed by atoms with Crippen molar-refractivity contribution in [3.05, 3.63) is 60.8 Å². The van der Waals surface area contributed by atoms with E-state index >= 15 is 0 Å². The quantitative estimate of drug-likeness (QED) is 0.0281. The molecule has 0 aliphatic heterocycles. The number of nitrogens with zero attached hydrogens (tertiary/aromatic N) is 1. The monoisotopic (exact) mass is 899 g/mol. The molecule has 0 aromatic heterocycles. The lowest BCUT2D eigenvalue weighted by molar-refractivity contribution is -0.887. The Labute approximate surface area is 394 Å². The third kappa shape index (κ3) is 44.2. The van der Waals surface area contributed by atoms with E-state index in [1.165, 1.54) is 116 Å². The lowest BCUT2D eigenvalue weighted by atomic mass is 10.0. The Morgan fingerprint density at radius 1 is 0.484 bits per heavy atom. The van der Waals surface area contributed by atoms with Crippen molar-refractivity contribution in [2.45, 2.75) is 238 Å². The van der Waals surface area contributed by atoms with Crippen molar-refractivity contribution in [3.8, 4) is 0 Å². The summed E-state index contributed by atoms with van der Waals surface area (Å²) < 4.78 is 17.3. The Bertz CT molecular complexity index is 1230. The number of aliphatic carboxylic acids is 1. The van der Waals surface area contributed by atoms with Crippen molar-refractivity contribution in [1.29, 1.82) is 0 Å². The molecule has 0 aliphatic rings. The molecule has 0 spiro atoms. The van der Waals surface area contributed by atoms with E-state index in [2.05, 4.69) is 74.6 Å². The number of unbranched alkanes of at least 4 members (excludes halogenated alkanes) is 23. The summed E-state index contributed by atoms with van der Waals surface area (Å²) in [4.78, 5) is 37.2. The standard InChI is InChI=1S/C56H99NO7/c1-6-8-10-12-14-16-18-20-22-24-25-26-27-28-29-31-32-34-36-38-40-42-44-46-54(58)63-51-52(50-62-49-48-53(56(60)61)57(3,4)5)64-55(59)47-45-43-41-39-37-35-33-30-23-21-19-17-15-13-11-9-7-2/h9,11,15,17,21,23-25,33,35,52-53H,6-8,10,12-14,16,18-20,22,26-32,34,36-51H2,1-5H3/p+1/b11-9-,17-15-,23-21-,25-24-,35-33-. The third-order valence-corrected chi connectivity index (χ3v) is 11.7. The van der Waals surface area contributed by atoms with Gasteiger partial charge in [0.25, 0.3) is 0 Å². The highest BCUT2D eigenvalue weighted by Gasteiger charge is 2.31. The first-order chi connectivity index (χ1) is 31.1. The summed E-state index contributed by atoms with van der Waals surface area (Å²) in [7, 11) is 5.53. The van der Waals surface area contributed by atoms with Gasteiger partial charge in [-0.1, -0.05) is 190 Å². The van der Waals surface area contributed by atoms with Gasteiger partial charge in [-0.05, 0) is 77.0 Å². The van der Waals surface area contributed by atoms with Crippen LogP contribution in [0.5, 0.6) is 0 Å². The molecule has 64 heavy (non-hydrogen) atoms. The summed E-state index contributed by atoms with van der Waals surface area (Å²) in [6.07, 6.45) is 58.5. The molecule has 8 nitrogen and oxygen atoms in total. The lowest BCUT2D eigenvalue weighted by Crippen LogP contribution is -2.50. The van der Waals surface area contributed by atoms with Crippen LogP contribution in [-0.4, -0.2) is 80.6 Å². The molecule has 0 aliphatic carbocycles. The predicted molar refractivity (Wildman–Crippen MR) is 271 cm³/mol. The molecule has 0 rings (SSSR count). The Kier molecular flexibility index (Phi) is 44.4. The minimum absolute atomic E-state index is 0.0498. The number of ether oxygens (including phenoxy) is 3. The van der Waals surface area contributed by atoms with Crippen molar-refractivity contribution in [3.63, 3.8) is 0 Å². The van der Waals surface area contributed by atoms with Gasteiger partial charge in [-0.15, -0.1) is 0 Å². The molecule has 0 aromatic carbocycles. The second-order valence-corrected chi connectivity index (χ2v) is 18.7. The molecule has 0 aromatic rings. The molecule has 2 unspecified atom stereocenters. The van der Waals surface area contributed by atoms with E-state index in [1.807, 2.05) is 21.1 Å². The van der Waals surface area contributed by atoms with Gasteiger partial charge in [0.1, 0.15) is 6.61 Å². The molecule has 2 atom stereocenters. The maximum atomic E-state index is 12.8. The summed E-state index contributed by atoms with van der Waals surface area (Å²) in [6.45, 7) is 4.61. The summed E-state index contributed by atoms with van der Waals surface area (Å²) in [5.74, 6) is -1.50. The minimum Gasteiger partial charge on any atom is -0.477 e. The Morgan fingerprint density at radius 2 is 0.875 bits per heavy atom. The van der Waals surface area contributed by atoms with Gasteiger partial charge in [0.2, 0.25) is 0 Å². The van der Waals surface area contributed by atoms with Gasteiger partial charge < -0.3 is 23.8 Å². The van der Waals surface area contributed by atoms with Crippen LogP contribution < -0.4 is 0 Å². The topological polar surface area (TPSA) is 99.1 Å². The highest BCUT2D eigenvalue weighted by atomic mass is 16.6. The SMILES string of the molecule is CC/C=C\C/C=C\C/C=C\C/C=C\CCCCCCC(=O)OC(COCCC(C(=O)O)[N+](C)(C)C)COC(=O)CCCCCCCCCCCCC/C=C\CCCCCCCCCC. The minimum atomic E-state index is -0.879. The van der Waals surface area contributed by atoms with Crippen molar-refractivity contribution in [1.82, 2.24) is 0 Å². The zero-order chi connectivity index (χ0) is 47.0. The average Bonchev–Trinajstić information content (AvgIpc) is 3.26. The molecule has 0 saturated heterocycles. The molecule has 0 heterocycles. The van der Waals surface area contributed by atoms with Crippen LogP contribution in [0.15, 0.2) is 60.8 Å². The second kappa shape index (κ2) is 46.6. The van der Waals surface area contributed by atoms with Gasteiger partial charge >= 0.3 is 17.9 Å². The average molecular weight is 899 g/mol. The van der Waals surface area contributed by atoms with Gasteiger partial charge in [0, 0.05) is 19.3 Å². The summed E-state index contributed by atoms with van der Waals surface area (Å²) >= 11 is 0. The van der Waals surface area contributed by atoms with Crippen LogP contribution in [0.25, 0.3) is 0 Å². The van der Waals surface area contributed by atoms with Gasteiger partial charge in [-0.25, -0.2) is 4.79 Å². The van der Waals surface area contributed by atoms with Crippen molar-refractivity contribution in [2.24, 2.45) is 0 Å². The third-order valence-electron chi connectivity index (χ3n) is 11.7. The van der Waals surface area contributed by atoms with Crippen LogP contribution in [0.2, 0.25) is 0 Å². The number of carbonyl (C=O) groups is 3. The zero-order valence-electron chi connectivity index (χ0n) is 42.2. The summed E-state index contributed by atoms with van der Waals surface area (Å²) in [5.41, 5.74) is 0. The molecule has 0 bridgehead atoms. The Balaban J connectivity index is 4.23.